The van der Waals surface area contributed by atoms with E-state index in [9.17, 15) is 4.79 Å². The lowest BCUT2D eigenvalue weighted by Crippen LogP contribution is -2.04. The van der Waals surface area contributed by atoms with Crippen LogP contribution in [0.15, 0.2) is 24.3 Å². The third kappa shape index (κ3) is 4.12. The summed E-state index contributed by atoms with van der Waals surface area (Å²) in [6, 6.07) is 7.52. The van der Waals surface area contributed by atoms with Crippen molar-refractivity contribution in [3.63, 3.8) is 0 Å². The maximum atomic E-state index is 10.3. The van der Waals surface area contributed by atoms with Gasteiger partial charge in [-0.15, -0.1) is 11.8 Å². The molecule has 1 rings (SSSR count). The highest BCUT2D eigenvalue weighted by atomic mass is 32.2. The van der Waals surface area contributed by atoms with E-state index in [-0.39, 0.29) is 5.75 Å². The van der Waals surface area contributed by atoms with Crippen molar-refractivity contribution in [2.45, 2.75) is 0 Å². The Kier molecular flexibility index (Phi) is 4.83. The van der Waals surface area contributed by atoms with Crippen LogP contribution in [0.25, 0.3) is 0 Å². The van der Waals surface area contributed by atoms with Crippen LogP contribution in [0.3, 0.4) is 0 Å². The number of hydrogen-bond acceptors (Lipinski definition) is 4. The second-order valence-electron chi connectivity index (χ2n) is 2.76. The number of para-hydroxylation sites is 2. The first-order valence-electron chi connectivity index (χ1n) is 4.40. The van der Waals surface area contributed by atoms with Gasteiger partial charge in [0.25, 0.3) is 0 Å². The van der Waals surface area contributed by atoms with Crippen LogP contribution in [-0.4, -0.2) is 29.8 Å². The minimum absolute atomic E-state index is 0.0994. The maximum Gasteiger partial charge on any atom is 0.313 e. The number of carboxylic acids is 1. The SMILES string of the molecule is COc1ccccc1NCSCC(=O)O. The lowest BCUT2D eigenvalue weighted by Gasteiger charge is -2.09. The Morgan fingerprint density at radius 2 is 2.27 bits per heavy atom. The Hall–Kier alpha value is -1.36. The van der Waals surface area contributed by atoms with E-state index < -0.39 is 5.97 Å². The normalized spacial score (nSPS) is 9.67. The number of methoxy groups -OCH3 is 1. The fourth-order valence-corrected chi connectivity index (χ4v) is 1.59. The first-order chi connectivity index (χ1) is 7.24. The van der Waals surface area contributed by atoms with Gasteiger partial charge in [0.05, 0.1) is 24.4 Å². The lowest BCUT2D eigenvalue weighted by atomic mass is 10.3. The fourth-order valence-electron chi connectivity index (χ4n) is 1.06. The van der Waals surface area contributed by atoms with Crippen molar-refractivity contribution in [3.8, 4) is 5.75 Å². The molecule has 0 bridgehead atoms. The molecule has 0 spiro atoms. The number of ether oxygens (including phenoxy) is 1. The van der Waals surface area contributed by atoms with Gasteiger partial charge < -0.3 is 15.2 Å². The largest absolute Gasteiger partial charge is 0.495 e. The summed E-state index contributed by atoms with van der Waals surface area (Å²) in [5, 5.41) is 11.5. The van der Waals surface area contributed by atoms with E-state index in [1.54, 1.807) is 7.11 Å². The van der Waals surface area contributed by atoms with Gasteiger partial charge in [-0.2, -0.15) is 0 Å². The van der Waals surface area contributed by atoms with Gasteiger partial charge in [0.2, 0.25) is 0 Å². The van der Waals surface area contributed by atoms with E-state index in [2.05, 4.69) is 5.32 Å². The van der Waals surface area contributed by atoms with Crippen LogP contribution in [0.2, 0.25) is 0 Å². The minimum atomic E-state index is -0.804. The van der Waals surface area contributed by atoms with Crippen molar-refractivity contribution in [2.24, 2.45) is 0 Å². The van der Waals surface area contributed by atoms with Crippen LogP contribution in [-0.2, 0) is 4.79 Å². The molecular weight excluding hydrogens is 214 g/mol. The highest BCUT2D eigenvalue weighted by Crippen LogP contribution is 2.23. The second-order valence-corrected chi connectivity index (χ2v) is 3.75. The smallest absolute Gasteiger partial charge is 0.313 e. The number of hydrogen-bond donors (Lipinski definition) is 2. The van der Waals surface area contributed by atoms with Crippen LogP contribution in [0.5, 0.6) is 5.75 Å². The second kappa shape index (κ2) is 6.19. The molecule has 0 saturated carbocycles. The number of nitrogens with one attached hydrogen (secondary N) is 1. The molecule has 0 aliphatic rings. The van der Waals surface area contributed by atoms with Gasteiger partial charge in [0, 0.05) is 0 Å². The third-order valence-electron chi connectivity index (χ3n) is 1.70. The summed E-state index contributed by atoms with van der Waals surface area (Å²) in [5.74, 6) is 0.602. The highest BCUT2D eigenvalue weighted by Gasteiger charge is 2.01. The quantitative estimate of drug-likeness (QED) is 0.574. The molecule has 0 atom stereocenters. The number of benzene rings is 1. The molecule has 0 aromatic heterocycles. The number of rotatable bonds is 6. The monoisotopic (exact) mass is 227 g/mol. The van der Waals surface area contributed by atoms with Gasteiger partial charge in [0.15, 0.2) is 0 Å². The summed E-state index contributed by atoms with van der Waals surface area (Å²) in [4.78, 5) is 10.3. The molecule has 1 aromatic rings. The van der Waals surface area contributed by atoms with E-state index in [0.717, 1.165) is 11.4 Å². The van der Waals surface area contributed by atoms with Crippen molar-refractivity contribution in [2.75, 3.05) is 24.1 Å². The zero-order chi connectivity index (χ0) is 11.1. The van der Waals surface area contributed by atoms with Crippen molar-refractivity contribution in [1.29, 1.82) is 0 Å². The van der Waals surface area contributed by atoms with Gasteiger partial charge in [0.1, 0.15) is 5.75 Å². The Labute approximate surface area is 92.6 Å². The Bertz CT molecular complexity index is 330. The molecular formula is C10H13NO3S. The topological polar surface area (TPSA) is 58.6 Å². The molecule has 82 valence electrons. The number of aliphatic carboxylic acids is 1. The molecule has 0 aliphatic carbocycles. The van der Waals surface area contributed by atoms with E-state index in [4.69, 9.17) is 9.84 Å². The predicted molar refractivity (Wildman–Crippen MR) is 61.6 cm³/mol. The lowest BCUT2D eigenvalue weighted by molar-refractivity contribution is -0.133. The van der Waals surface area contributed by atoms with Crippen LogP contribution < -0.4 is 10.1 Å². The van der Waals surface area contributed by atoms with E-state index in [0.29, 0.717) is 5.88 Å². The molecule has 5 heteroatoms. The van der Waals surface area contributed by atoms with Gasteiger partial charge in [-0.1, -0.05) is 12.1 Å². The van der Waals surface area contributed by atoms with Gasteiger partial charge in [-0.25, -0.2) is 0 Å². The first-order valence-corrected chi connectivity index (χ1v) is 5.56. The zero-order valence-corrected chi connectivity index (χ0v) is 9.21. The molecule has 4 nitrogen and oxygen atoms in total. The van der Waals surface area contributed by atoms with Crippen LogP contribution in [0, 0.1) is 0 Å². The molecule has 0 heterocycles. The minimum Gasteiger partial charge on any atom is -0.495 e. The van der Waals surface area contributed by atoms with Crippen LogP contribution in [0.4, 0.5) is 5.69 Å². The molecule has 0 fully saturated rings. The number of carboxylic acid groups (broad SMARTS) is 1. The predicted octanol–water partition coefficient (Wildman–Crippen LogP) is 1.88. The van der Waals surface area contributed by atoms with E-state index in [1.807, 2.05) is 24.3 Å². The average molecular weight is 227 g/mol. The standard InChI is InChI=1S/C10H13NO3S/c1-14-9-5-3-2-4-8(9)11-7-15-6-10(12)13/h2-5,11H,6-7H2,1H3,(H,12,13). The molecule has 2 N–H and O–H groups in total. The summed E-state index contributed by atoms with van der Waals surface area (Å²) in [7, 11) is 1.60. The summed E-state index contributed by atoms with van der Waals surface area (Å²) < 4.78 is 5.14. The van der Waals surface area contributed by atoms with Crippen molar-refractivity contribution >= 4 is 23.4 Å². The highest BCUT2D eigenvalue weighted by molar-refractivity contribution is 8.00. The van der Waals surface area contributed by atoms with Gasteiger partial charge in [-0.3, -0.25) is 4.79 Å². The zero-order valence-electron chi connectivity index (χ0n) is 8.40. The maximum absolute atomic E-state index is 10.3. The molecule has 0 saturated heterocycles. The Morgan fingerprint density at radius 3 is 2.93 bits per heavy atom. The molecule has 0 radical (unpaired) electrons. The molecule has 0 unspecified atom stereocenters. The summed E-state index contributed by atoms with van der Waals surface area (Å²) >= 11 is 1.31. The molecule has 0 amide bonds. The van der Waals surface area contributed by atoms with E-state index in [1.165, 1.54) is 11.8 Å². The molecule has 0 aliphatic heterocycles. The Balaban J connectivity index is 2.39. The number of anilines is 1. The molecule has 1 aromatic carbocycles. The first kappa shape index (κ1) is 11.7. The molecule has 15 heavy (non-hydrogen) atoms. The van der Waals surface area contributed by atoms with Crippen molar-refractivity contribution < 1.29 is 14.6 Å². The summed E-state index contributed by atoms with van der Waals surface area (Å²) in [5.41, 5.74) is 0.873. The fraction of sp³-hybridized carbons (Fsp3) is 0.300. The average Bonchev–Trinajstić information content (AvgIpc) is 2.24. The van der Waals surface area contributed by atoms with Gasteiger partial charge >= 0.3 is 5.97 Å². The van der Waals surface area contributed by atoms with Crippen LogP contribution in [0.1, 0.15) is 0 Å². The van der Waals surface area contributed by atoms with Gasteiger partial charge in [-0.05, 0) is 12.1 Å². The van der Waals surface area contributed by atoms with Crippen molar-refractivity contribution in [1.82, 2.24) is 0 Å². The third-order valence-corrected chi connectivity index (χ3v) is 2.50. The van der Waals surface area contributed by atoms with E-state index >= 15 is 0 Å². The van der Waals surface area contributed by atoms with Crippen LogP contribution >= 0.6 is 11.8 Å². The van der Waals surface area contributed by atoms with Crippen molar-refractivity contribution in [3.05, 3.63) is 24.3 Å². The number of carbonyl (C=O) groups is 1. The Morgan fingerprint density at radius 1 is 1.53 bits per heavy atom. The summed E-state index contributed by atoms with van der Waals surface area (Å²) in [6.45, 7) is 0. The summed E-state index contributed by atoms with van der Waals surface area (Å²) in [6.07, 6.45) is 0. The number of thioether (sulfide) groups is 1.